The van der Waals surface area contributed by atoms with Gasteiger partial charge in [0.05, 0.1) is 16.3 Å². The van der Waals surface area contributed by atoms with Crippen LogP contribution in [0.4, 0.5) is 0 Å². The summed E-state index contributed by atoms with van der Waals surface area (Å²) in [5.41, 5.74) is 4.61. The zero-order chi connectivity index (χ0) is 13.4. The summed E-state index contributed by atoms with van der Waals surface area (Å²) in [5.74, 6) is 0. The Labute approximate surface area is 116 Å². The third-order valence-electron chi connectivity index (χ3n) is 3.18. The third kappa shape index (κ3) is 2.09. The highest BCUT2D eigenvalue weighted by molar-refractivity contribution is 7.13. The second kappa shape index (κ2) is 4.83. The minimum atomic E-state index is 0.608. The van der Waals surface area contributed by atoms with Gasteiger partial charge in [-0.25, -0.2) is 0 Å². The zero-order valence-electron chi connectivity index (χ0n) is 11.4. The molecule has 0 amide bonds. The maximum atomic E-state index is 5.46. The van der Waals surface area contributed by atoms with Crippen molar-refractivity contribution < 1.29 is 4.84 Å². The lowest BCUT2D eigenvalue weighted by atomic mass is 10.2. The molecule has 4 nitrogen and oxygen atoms in total. The number of thiophene rings is 1. The number of hydrogen-bond acceptors (Lipinski definition) is 4. The van der Waals surface area contributed by atoms with Crippen LogP contribution in [-0.2, 0) is 4.84 Å². The minimum absolute atomic E-state index is 0.608. The van der Waals surface area contributed by atoms with Crippen molar-refractivity contribution in [2.45, 2.75) is 6.92 Å². The average molecular weight is 275 g/mol. The van der Waals surface area contributed by atoms with E-state index in [4.69, 9.17) is 4.84 Å². The number of oxime groups is 1. The lowest BCUT2D eigenvalue weighted by Gasteiger charge is -2.07. The van der Waals surface area contributed by atoms with Gasteiger partial charge in [-0.3, -0.25) is 0 Å². The molecule has 0 unspecified atom stereocenters. The van der Waals surface area contributed by atoms with Gasteiger partial charge in [0.25, 0.3) is 0 Å². The third-order valence-corrected chi connectivity index (χ3v) is 4.27. The summed E-state index contributed by atoms with van der Waals surface area (Å²) < 4.78 is 2.19. The highest BCUT2D eigenvalue weighted by atomic mass is 32.1. The minimum Gasteiger partial charge on any atom is -0.394 e. The summed E-state index contributed by atoms with van der Waals surface area (Å²) >= 11 is 1.73. The largest absolute Gasteiger partial charge is 0.394 e. The molecule has 0 aromatic carbocycles. The highest BCUT2D eigenvalue weighted by Crippen LogP contribution is 2.35. The molecule has 0 aliphatic carbocycles. The van der Waals surface area contributed by atoms with Crippen LogP contribution in [0.1, 0.15) is 16.1 Å². The Hall–Kier alpha value is -1.59. The molecule has 3 heterocycles. The Morgan fingerprint density at radius 1 is 1.42 bits per heavy atom. The van der Waals surface area contributed by atoms with E-state index in [1.807, 2.05) is 20.2 Å². The molecule has 0 saturated carbocycles. The first-order chi connectivity index (χ1) is 9.18. The van der Waals surface area contributed by atoms with Gasteiger partial charge in [0.1, 0.15) is 12.3 Å². The molecule has 2 aromatic rings. The molecule has 0 spiro atoms. The number of hydrogen-bond donors (Lipinski definition) is 0. The van der Waals surface area contributed by atoms with E-state index in [9.17, 15) is 0 Å². The lowest BCUT2D eigenvalue weighted by Crippen LogP contribution is -2.17. The van der Waals surface area contributed by atoms with E-state index < -0.39 is 0 Å². The molecule has 0 atom stereocenters. The predicted molar refractivity (Wildman–Crippen MR) is 78.5 cm³/mol. The van der Waals surface area contributed by atoms with Gasteiger partial charge in [-0.05, 0) is 44.1 Å². The molecular formula is C14H17N3OS. The number of aromatic nitrogens is 1. The molecule has 0 fully saturated rings. The quantitative estimate of drug-likeness (QED) is 0.541. The Morgan fingerprint density at radius 2 is 2.26 bits per heavy atom. The maximum Gasteiger partial charge on any atom is 0.146 e. The number of nitrogens with zero attached hydrogens (tertiary/aromatic N) is 3. The van der Waals surface area contributed by atoms with Crippen LogP contribution in [0.25, 0.3) is 5.69 Å². The fourth-order valence-electron chi connectivity index (χ4n) is 2.21. The van der Waals surface area contributed by atoms with Crippen LogP contribution in [0.5, 0.6) is 0 Å². The van der Waals surface area contributed by atoms with E-state index in [0.29, 0.717) is 6.61 Å². The second-order valence-corrected chi connectivity index (χ2v) is 5.82. The maximum absolute atomic E-state index is 5.46. The van der Waals surface area contributed by atoms with Gasteiger partial charge in [-0.1, -0.05) is 5.16 Å². The average Bonchev–Trinajstić information content (AvgIpc) is 3.00. The van der Waals surface area contributed by atoms with Gasteiger partial charge in [-0.2, -0.15) is 0 Å². The molecule has 3 rings (SSSR count). The van der Waals surface area contributed by atoms with Crippen molar-refractivity contribution in [3.05, 3.63) is 39.8 Å². The lowest BCUT2D eigenvalue weighted by molar-refractivity contribution is 0.126. The van der Waals surface area contributed by atoms with Crippen molar-refractivity contribution in [1.82, 2.24) is 9.47 Å². The fraction of sp³-hybridized carbons (Fsp3) is 0.357. The zero-order valence-corrected chi connectivity index (χ0v) is 12.2. The summed E-state index contributed by atoms with van der Waals surface area (Å²) in [5, 5.41) is 6.51. The van der Waals surface area contributed by atoms with Crippen LogP contribution < -0.4 is 0 Å². The summed E-state index contributed by atoms with van der Waals surface area (Å²) in [6, 6.07) is 4.13. The first kappa shape index (κ1) is 12.4. The van der Waals surface area contributed by atoms with Gasteiger partial charge in [0, 0.05) is 12.7 Å². The summed E-state index contributed by atoms with van der Waals surface area (Å²) in [7, 11) is 4.05. The van der Waals surface area contributed by atoms with Crippen molar-refractivity contribution >= 4 is 17.0 Å². The summed E-state index contributed by atoms with van der Waals surface area (Å²) in [6.07, 6.45) is 2.08. The molecule has 0 radical (unpaired) electrons. The van der Waals surface area contributed by atoms with Crippen LogP contribution in [0.2, 0.25) is 0 Å². The van der Waals surface area contributed by atoms with Crippen LogP contribution in [-0.4, -0.2) is 42.4 Å². The molecule has 19 heavy (non-hydrogen) atoms. The van der Waals surface area contributed by atoms with E-state index >= 15 is 0 Å². The van der Waals surface area contributed by atoms with Crippen LogP contribution in [0.15, 0.2) is 28.9 Å². The first-order valence-electron chi connectivity index (χ1n) is 6.29. The smallest absolute Gasteiger partial charge is 0.146 e. The molecule has 5 heteroatoms. The van der Waals surface area contributed by atoms with Gasteiger partial charge in [-0.15, -0.1) is 11.3 Å². The molecule has 1 aliphatic heterocycles. The topological polar surface area (TPSA) is 29.8 Å². The molecule has 2 aromatic heterocycles. The van der Waals surface area contributed by atoms with Gasteiger partial charge in [0.2, 0.25) is 0 Å². The van der Waals surface area contributed by atoms with E-state index in [-0.39, 0.29) is 0 Å². The summed E-state index contributed by atoms with van der Waals surface area (Å²) in [6.45, 7) is 3.61. The van der Waals surface area contributed by atoms with Crippen molar-refractivity contribution in [3.63, 3.8) is 0 Å². The van der Waals surface area contributed by atoms with Crippen molar-refractivity contribution in [2.24, 2.45) is 5.16 Å². The van der Waals surface area contributed by atoms with Crippen molar-refractivity contribution in [1.29, 1.82) is 0 Å². The monoisotopic (exact) mass is 275 g/mol. The van der Waals surface area contributed by atoms with Crippen LogP contribution in [0, 0.1) is 6.92 Å². The second-order valence-electron chi connectivity index (χ2n) is 4.94. The number of likely N-dealkylation sites (N-methyl/N-ethyl adjacent to an activating group) is 1. The number of aryl methyl sites for hydroxylation is 1. The molecular weight excluding hydrogens is 258 g/mol. The predicted octanol–water partition coefficient (Wildman–Crippen LogP) is 2.49. The molecule has 100 valence electrons. The Morgan fingerprint density at radius 3 is 3.05 bits per heavy atom. The Balaban J connectivity index is 1.88. The molecule has 0 bridgehead atoms. The van der Waals surface area contributed by atoms with E-state index in [1.54, 1.807) is 11.3 Å². The summed E-state index contributed by atoms with van der Waals surface area (Å²) in [4.78, 5) is 8.75. The fourth-order valence-corrected chi connectivity index (χ4v) is 3.24. The SMILES string of the molecule is Cc1csc2c1-n1cccc1/C2=N\OCCN(C)C. The van der Waals surface area contributed by atoms with Crippen LogP contribution in [0.3, 0.4) is 0 Å². The number of fused-ring (bicyclic) bond motifs is 3. The normalized spacial score (nSPS) is 15.1. The van der Waals surface area contributed by atoms with Gasteiger partial charge < -0.3 is 14.3 Å². The molecule has 0 N–H and O–H groups in total. The Bertz CT molecular complexity index is 624. The Kier molecular flexibility index (Phi) is 3.16. The van der Waals surface area contributed by atoms with E-state index in [2.05, 4.69) is 39.2 Å². The highest BCUT2D eigenvalue weighted by Gasteiger charge is 2.28. The van der Waals surface area contributed by atoms with Gasteiger partial charge >= 0.3 is 0 Å². The van der Waals surface area contributed by atoms with Crippen LogP contribution >= 0.6 is 11.3 Å². The van der Waals surface area contributed by atoms with E-state index in [1.165, 1.54) is 16.1 Å². The van der Waals surface area contributed by atoms with Crippen molar-refractivity contribution in [2.75, 3.05) is 27.2 Å². The van der Waals surface area contributed by atoms with Gasteiger partial charge in [0.15, 0.2) is 0 Å². The number of rotatable bonds is 4. The molecule has 1 aliphatic rings. The standard InChI is InChI=1S/C14H17N3OS/c1-10-9-19-14-12(15-18-8-7-16(2)3)11-5-4-6-17(11)13(10)14/h4-6,9H,7-8H2,1-3H3/b15-12+. The van der Waals surface area contributed by atoms with E-state index in [0.717, 1.165) is 18.0 Å². The molecule has 0 saturated heterocycles. The first-order valence-corrected chi connectivity index (χ1v) is 7.17. The van der Waals surface area contributed by atoms with Crippen molar-refractivity contribution in [3.8, 4) is 5.69 Å².